The molecule has 0 bridgehead atoms. The second-order valence-electron chi connectivity index (χ2n) is 2.83. The molecule has 12 heavy (non-hydrogen) atoms. The van der Waals surface area contributed by atoms with Crippen LogP contribution in [0.2, 0.25) is 0 Å². The van der Waals surface area contributed by atoms with Crippen LogP contribution in [0.15, 0.2) is 0 Å². The molecule has 1 fully saturated rings. The third kappa shape index (κ3) is 1.73. The quantitative estimate of drug-likeness (QED) is 0.580. The van der Waals surface area contributed by atoms with E-state index in [1.165, 1.54) is 4.90 Å². The van der Waals surface area contributed by atoms with Gasteiger partial charge >= 0.3 is 5.97 Å². The fraction of sp³-hybridized carbons (Fsp3) is 0.714. The topological polar surface area (TPSA) is 83.6 Å². The molecule has 1 aliphatic heterocycles. The van der Waals surface area contributed by atoms with Crippen LogP contribution in [0, 0.1) is 0 Å². The van der Waals surface area contributed by atoms with Crippen LogP contribution in [0.3, 0.4) is 0 Å². The van der Waals surface area contributed by atoms with Crippen LogP contribution >= 0.6 is 0 Å². The summed E-state index contributed by atoms with van der Waals surface area (Å²) in [6.45, 7) is 0.465. The van der Waals surface area contributed by atoms with Crippen molar-refractivity contribution in [3.63, 3.8) is 0 Å². The number of amides is 1. The molecule has 0 aromatic carbocycles. The van der Waals surface area contributed by atoms with E-state index in [1.807, 2.05) is 0 Å². The third-order valence-corrected chi connectivity index (χ3v) is 1.95. The lowest BCUT2D eigenvalue weighted by Gasteiger charge is -2.29. The Morgan fingerprint density at radius 3 is 2.75 bits per heavy atom. The highest BCUT2D eigenvalue weighted by atomic mass is 16.4. The zero-order chi connectivity index (χ0) is 9.14. The van der Waals surface area contributed by atoms with Crippen molar-refractivity contribution in [2.75, 3.05) is 6.54 Å². The molecular formula is C7H12N2O3. The zero-order valence-corrected chi connectivity index (χ0v) is 6.69. The van der Waals surface area contributed by atoms with Gasteiger partial charge in [0.1, 0.15) is 0 Å². The minimum Gasteiger partial charge on any atom is -0.479 e. The number of carbonyl (C=O) groups is 2. The van der Waals surface area contributed by atoms with Gasteiger partial charge in [0.05, 0.1) is 0 Å². The third-order valence-electron chi connectivity index (χ3n) is 1.95. The fourth-order valence-electron chi connectivity index (χ4n) is 1.25. The van der Waals surface area contributed by atoms with E-state index in [1.54, 1.807) is 0 Å². The maximum Gasteiger partial charge on any atom is 0.341 e. The highest BCUT2D eigenvalue weighted by Crippen LogP contribution is 2.11. The van der Waals surface area contributed by atoms with Gasteiger partial charge in [-0.3, -0.25) is 4.79 Å². The summed E-state index contributed by atoms with van der Waals surface area (Å²) < 4.78 is 0. The first-order valence-corrected chi connectivity index (χ1v) is 3.91. The van der Waals surface area contributed by atoms with Gasteiger partial charge in [-0.1, -0.05) is 0 Å². The van der Waals surface area contributed by atoms with Crippen molar-refractivity contribution in [1.29, 1.82) is 0 Å². The minimum absolute atomic E-state index is 0.156. The lowest BCUT2D eigenvalue weighted by atomic mass is 10.1. The molecule has 1 heterocycles. The van der Waals surface area contributed by atoms with E-state index in [0.717, 1.165) is 12.8 Å². The van der Waals surface area contributed by atoms with Gasteiger partial charge < -0.3 is 15.7 Å². The summed E-state index contributed by atoms with van der Waals surface area (Å²) in [6.07, 6.45) is 0.924. The van der Waals surface area contributed by atoms with Crippen LogP contribution in [0.1, 0.15) is 19.3 Å². The van der Waals surface area contributed by atoms with Crippen molar-refractivity contribution in [2.24, 2.45) is 5.73 Å². The van der Waals surface area contributed by atoms with E-state index >= 15 is 0 Å². The van der Waals surface area contributed by atoms with E-state index in [0.29, 0.717) is 13.0 Å². The van der Waals surface area contributed by atoms with Crippen LogP contribution < -0.4 is 5.73 Å². The highest BCUT2D eigenvalue weighted by Gasteiger charge is 2.27. The number of nitrogens with two attached hydrogens (primary N) is 1. The second kappa shape index (κ2) is 3.53. The van der Waals surface area contributed by atoms with Gasteiger partial charge in [-0.15, -0.1) is 0 Å². The predicted molar refractivity (Wildman–Crippen MR) is 41.2 cm³/mol. The van der Waals surface area contributed by atoms with Crippen LogP contribution in [0.5, 0.6) is 0 Å². The van der Waals surface area contributed by atoms with E-state index in [9.17, 15) is 9.59 Å². The van der Waals surface area contributed by atoms with Crippen molar-refractivity contribution >= 4 is 11.9 Å². The number of carboxylic acids is 1. The summed E-state index contributed by atoms with van der Waals surface area (Å²) in [4.78, 5) is 22.8. The molecular weight excluding hydrogens is 160 g/mol. The standard InChI is InChI=1S/C7H12N2O3/c8-6(7(11)12)9-4-2-1-3-5(9)10/h6H,1-4,8H2,(H,11,12). The highest BCUT2D eigenvalue weighted by molar-refractivity contribution is 5.83. The molecule has 0 aliphatic carbocycles. The molecule has 5 heteroatoms. The van der Waals surface area contributed by atoms with Crippen LogP contribution in [-0.2, 0) is 9.59 Å². The number of piperidine rings is 1. The SMILES string of the molecule is NC(C(=O)O)N1CCCCC1=O. The first-order chi connectivity index (χ1) is 5.63. The van der Waals surface area contributed by atoms with Gasteiger partial charge in [0.15, 0.2) is 6.17 Å². The molecule has 1 rings (SSSR count). The second-order valence-corrected chi connectivity index (χ2v) is 2.83. The molecule has 3 N–H and O–H groups in total. The molecule has 0 spiro atoms. The first kappa shape index (κ1) is 8.99. The monoisotopic (exact) mass is 172 g/mol. The minimum atomic E-state index is -1.17. The zero-order valence-electron chi connectivity index (χ0n) is 6.69. The van der Waals surface area contributed by atoms with Crippen molar-refractivity contribution in [3.8, 4) is 0 Å². The largest absolute Gasteiger partial charge is 0.479 e. The maximum atomic E-state index is 11.1. The molecule has 0 aromatic rings. The molecule has 1 aliphatic rings. The summed E-state index contributed by atoms with van der Waals surface area (Å²) >= 11 is 0. The van der Waals surface area contributed by atoms with Crippen LogP contribution in [-0.4, -0.2) is 34.6 Å². The lowest BCUT2D eigenvalue weighted by molar-refractivity contribution is -0.151. The number of nitrogens with zero attached hydrogens (tertiary/aromatic N) is 1. The van der Waals surface area contributed by atoms with E-state index in [2.05, 4.69) is 0 Å². The van der Waals surface area contributed by atoms with Crippen LogP contribution in [0.4, 0.5) is 0 Å². The normalized spacial score (nSPS) is 20.8. The predicted octanol–water partition coefficient (Wildman–Crippen LogP) is -0.632. The Hall–Kier alpha value is -1.10. The molecule has 1 unspecified atom stereocenters. The average molecular weight is 172 g/mol. The number of hydrogen-bond donors (Lipinski definition) is 2. The first-order valence-electron chi connectivity index (χ1n) is 3.91. The summed E-state index contributed by atoms with van der Waals surface area (Å²) in [5, 5.41) is 8.53. The van der Waals surface area contributed by atoms with Crippen molar-refractivity contribution in [2.45, 2.75) is 25.4 Å². The molecule has 1 saturated heterocycles. The Morgan fingerprint density at radius 2 is 2.25 bits per heavy atom. The van der Waals surface area contributed by atoms with Gasteiger partial charge in [-0.05, 0) is 12.8 Å². The Balaban J connectivity index is 2.59. The maximum absolute atomic E-state index is 11.1. The number of carboxylic acid groups (broad SMARTS) is 1. The van der Waals surface area contributed by atoms with Gasteiger partial charge in [0.25, 0.3) is 0 Å². The van der Waals surface area contributed by atoms with E-state index in [-0.39, 0.29) is 5.91 Å². The molecule has 68 valence electrons. The van der Waals surface area contributed by atoms with Gasteiger partial charge in [-0.25, -0.2) is 4.79 Å². The number of aliphatic carboxylic acids is 1. The number of likely N-dealkylation sites (tertiary alicyclic amines) is 1. The fourth-order valence-corrected chi connectivity index (χ4v) is 1.25. The summed E-state index contributed by atoms with van der Waals surface area (Å²) in [5.74, 6) is -1.30. The molecule has 5 nitrogen and oxygen atoms in total. The van der Waals surface area contributed by atoms with Gasteiger partial charge in [-0.2, -0.15) is 0 Å². The average Bonchev–Trinajstić information content (AvgIpc) is 2.04. The number of rotatable bonds is 2. The summed E-state index contributed by atoms with van der Waals surface area (Å²) in [7, 11) is 0. The molecule has 1 amide bonds. The van der Waals surface area contributed by atoms with E-state index in [4.69, 9.17) is 10.8 Å². The smallest absolute Gasteiger partial charge is 0.341 e. The number of hydrogen-bond acceptors (Lipinski definition) is 3. The van der Waals surface area contributed by atoms with Crippen molar-refractivity contribution < 1.29 is 14.7 Å². The van der Waals surface area contributed by atoms with Gasteiger partial charge in [0.2, 0.25) is 5.91 Å². The summed E-state index contributed by atoms with van der Waals surface area (Å²) in [5.41, 5.74) is 5.29. The Kier molecular flexibility index (Phi) is 2.65. The molecule has 1 atom stereocenters. The summed E-state index contributed by atoms with van der Waals surface area (Å²) in [6, 6.07) is 0. The van der Waals surface area contributed by atoms with Crippen LogP contribution in [0.25, 0.3) is 0 Å². The Bertz CT molecular complexity index is 205. The van der Waals surface area contributed by atoms with E-state index < -0.39 is 12.1 Å². The molecule has 0 saturated carbocycles. The number of carbonyl (C=O) groups excluding carboxylic acids is 1. The molecule has 0 aromatic heterocycles. The van der Waals surface area contributed by atoms with Crippen molar-refractivity contribution in [1.82, 2.24) is 4.90 Å². The Labute approximate surface area is 70.1 Å². The van der Waals surface area contributed by atoms with Crippen molar-refractivity contribution in [3.05, 3.63) is 0 Å². The van der Waals surface area contributed by atoms with Gasteiger partial charge in [0, 0.05) is 13.0 Å². The molecule has 0 radical (unpaired) electrons. The lowest BCUT2D eigenvalue weighted by Crippen LogP contribution is -2.52. The Morgan fingerprint density at radius 1 is 1.58 bits per heavy atom.